The third kappa shape index (κ3) is 5.98. The number of hydrogen-bond acceptors (Lipinski definition) is 2. The number of rotatable bonds is 8. The van der Waals surface area contributed by atoms with E-state index in [0.29, 0.717) is 13.0 Å². The maximum absolute atomic E-state index is 12.9. The first kappa shape index (κ1) is 14.9. The van der Waals surface area contributed by atoms with Gasteiger partial charge in [0.1, 0.15) is 5.82 Å². The number of nitrogens with one attached hydrogen (secondary N) is 1. The zero-order valence-corrected chi connectivity index (χ0v) is 10.8. The minimum Gasteiger partial charge on any atom is -0.481 e. The molecule has 0 aromatic heterocycles. The van der Waals surface area contributed by atoms with Crippen molar-refractivity contribution in [3.05, 3.63) is 34.6 Å². The first-order valence-corrected chi connectivity index (χ1v) is 6.34. The Kier molecular flexibility index (Phi) is 6.68. The van der Waals surface area contributed by atoms with Crippen molar-refractivity contribution < 1.29 is 14.3 Å². The lowest BCUT2D eigenvalue weighted by Gasteiger charge is -2.05. The summed E-state index contributed by atoms with van der Waals surface area (Å²) < 4.78 is 12.9. The highest BCUT2D eigenvalue weighted by molar-refractivity contribution is 6.30. The Labute approximate surface area is 111 Å². The van der Waals surface area contributed by atoms with Gasteiger partial charge in [0.15, 0.2) is 0 Å². The molecule has 0 aliphatic rings. The van der Waals surface area contributed by atoms with Gasteiger partial charge in [-0.25, -0.2) is 4.39 Å². The molecular weight excluding hydrogens is 257 g/mol. The molecule has 0 fully saturated rings. The minimum atomic E-state index is -0.746. The summed E-state index contributed by atoms with van der Waals surface area (Å²) in [4.78, 5) is 10.3. The second kappa shape index (κ2) is 8.06. The van der Waals surface area contributed by atoms with E-state index in [2.05, 4.69) is 5.32 Å². The number of benzene rings is 1. The Hall–Kier alpha value is -1.13. The van der Waals surface area contributed by atoms with Crippen molar-refractivity contribution in [1.29, 1.82) is 0 Å². The van der Waals surface area contributed by atoms with Crippen LogP contribution in [0.5, 0.6) is 0 Å². The molecule has 3 nitrogen and oxygen atoms in total. The van der Waals surface area contributed by atoms with E-state index in [1.165, 1.54) is 6.07 Å². The lowest BCUT2D eigenvalue weighted by atomic mass is 10.2. The van der Waals surface area contributed by atoms with E-state index in [4.69, 9.17) is 16.7 Å². The molecular formula is C13H17ClFNO2. The van der Waals surface area contributed by atoms with Crippen molar-refractivity contribution in [2.24, 2.45) is 0 Å². The molecule has 1 rings (SSSR count). The Morgan fingerprint density at radius 2 is 2.11 bits per heavy atom. The summed E-state index contributed by atoms with van der Waals surface area (Å²) in [5, 5.41) is 11.8. The molecule has 0 aliphatic carbocycles. The normalized spacial score (nSPS) is 10.6. The molecule has 2 N–H and O–H groups in total. The Morgan fingerprint density at radius 1 is 1.33 bits per heavy atom. The molecule has 0 saturated heterocycles. The molecule has 0 bridgehead atoms. The Balaban J connectivity index is 2.10. The highest BCUT2D eigenvalue weighted by Gasteiger charge is 2.00. The molecule has 0 radical (unpaired) electrons. The smallest absolute Gasteiger partial charge is 0.303 e. The van der Waals surface area contributed by atoms with Crippen LogP contribution in [0.25, 0.3) is 0 Å². The van der Waals surface area contributed by atoms with Gasteiger partial charge in [0.2, 0.25) is 0 Å². The predicted molar refractivity (Wildman–Crippen MR) is 69.2 cm³/mol. The molecule has 0 spiro atoms. The fourth-order valence-electron chi connectivity index (χ4n) is 1.59. The van der Waals surface area contributed by atoms with Gasteiger partial charge in [-0.3, -0.25) is 4.79 Å². The summed E-state index contributed by atoms with van der Waals surface area (Å²) in [6.45, 7) is 1.45. The third-order valence-corrected chi connectivity index (χ3v) is 2.85. The van der Waals surface area contributed by atoms with Crippen molar-refractivity contribution in [2.45, 2.75) is 32.2 Å². The summed E-state index contributed by atoms with van der Waals surface area (Å²) in [6.07, 6.45) is 2.76. The molecule has 1 aromatic carbocycles. The van der Waals surface area contributed by atoms with Crippen LogP contribution >= 0.6 is 11.6 Å². The summed E-state index contributed by atoms with van der Waals surface area (Å²) in [5.41, 5.74) is 0.937. The standard InChI is InChI=1S/C13H17ClFNO2/c14-11-8-10(5-6-12(11)15)9-16-7-3-1-2-4-13(17)18/h5-6,8,16H,1-4,7,9H2,(H,17,18). The van der Waals surface area contributed by atoms with Crippen LogP contribution in [0.15, 0.2) is 18.2 Å². The van der Waals surface area contributed by atoms with E-state index in [1.54, 1.807) is 12.1 Å². The number of unbranched alkanes of at least 4 members (excludes halogenated alkanes) is 2. The van der Waals surface area contributed by atoms with E-state index in [-0.39, 0.29) is 11.4 Å². The molecule has 0 saturated carbocycles. The van der Waals surface area contributed by atoms with Crippen molar-refractivity contribution in [3.63, 3.8) is 0 Å². The van der Waals surface area contributed by atoms with Gasteiger partial charge < -0.3 is 10.4 Å². The van der Waals surface area contributed by atoms with Crippen LogP contribution in [0.2, 0.25) is 5.02 Å². The average molecular weight is 274 g/mol. The second-order valence-electron chi connectivity index (χ2n) is 4.13. The van der Waals surface area contributed by atoms with Crippen molar-refractivity contribution in [3.8, 4) is 0 Å². The molecule has 100 valence electrons. The molecule has 18 heavy (non-hydrogen) atoms. The molecule has 0 aliphatic heterocycles. The third-order valence-electron chi connectivity index (χ3n) is 2.56. The van der Waals surface area contributed by atoms with Crippen LogP contribution < -0.4 is 5.32 Å². The van der Waals surface area contributed by atoms with Gasteiger partial charge in [-0.05, 0) is 37.1 Å². The van der Waals surface area contributed by atoms with E-state index in [9.17, 15) is 9.18 Å². The second-order valence-corrected chi connectivity index (χ2v) is 4.54. The van der Waals surface area contributed by atoms with Crippen LogP contribution in [0.3, 0.4) is 0 Å². The van der Waals surface area contributed by atoms with Gasteiger partial charge in [0, 0.05) is 13.0 Å². The van der Waals surface area contributed by atoms with Gasteiger partial charge in [0.25, 0.3) is 0 Å². The van der Waals surface area contributed by atoms with Crippen LogP contribution in [0.4, 0.5) is 4.39 Å². The molecule has 0 heterocycles. The van der Waals surface area contributed by atoms with Crippen LogP contribution in [-0.2, 0) is 11.3 Å². The topological polar surface area (TPSA) is 49.3 Å². The Morgan fingerprint density at radius 3 is 2.78 bits per heavy atom. The number of carbonyl (C=O) groups is 1. The molecule has 0 amide bonds. The van der Waals surface area contributed by atoms with Gasteiger partial charge in [-0.1, -0.05) is 24.1 Å². The van der Waals surface area contributed by atoms with Crippen molar-refractivity contribution in [2.75, 3.05) is 6.54 Å². The van der Waals surface area contributed by atoms with Gasteiger partial charge >= 0.3 is 5.97 Å². The fourth-order valence-corrected chi connectivity index (χ4v) is 1.79. The number of aliphatic carboxylic acids is 1. The molecule has 1 aromatic rings. The number of carboxylic acids is 1. The first-order valence-electron chi connectivity index (χ1n) is 5.96. The highest BCUT2D eigenvalue weighted by Crippen LogP contribution is 2.15. The SMILES string of the molecule is O=C(O)CCCCCNCc1ccc(F)c(Cl)c1. The maximum atomic E-state index is 12.9. The van der Waals surface area contributed by atoms with Crippen molar-refractivity contribution >= 4 is 17.6 Å². The van der Waals surface area contributed by atoms with Gasteiger partial charge in [-0.2, -0.15) is 0 Å². The van der Waals surface area contributed by atoms with Gasteiger partial charge in [0.05, 0.1) is 5.02 Å². The summed E-state index contributed by atoms with van der Waals surface area (Å²) >= 11 is 5.67. The highest BCUT2D eigenvalue weighted by atomic mass is 35.5. The lowest BCUT2D eigenvalue weighted by molar-refractivity contribution is -0.137. The Bertz CT molecular complexity index is 399. The van der Waals surface area contributed by atoms with Crippen LogP contribution in [-0.4, -0.2) is 17.6 Å². The lowest BCUT2D eigenvalue weighted by Crippen LogP contribution is -2.14. The van der Waals surface area contributed by atoms with E-state index in [0.717, 1.165) is 24.9 Å². The fraction of sp³-hybridized carbons (Fsp3) is 0.462. The number of hydrogen-bond donors (Lipinski definition) is 2. The maximum Gasteiger partial charge on any atom is 0.303 e. The molecule has 0 unspecified atom stereocenters. The largest absolute Gasteiger partial charge is 0.481 e. The number of halogens is 2. The van der Waals surface area contributed by atoms with Crippen molar-refractivity contribution in [1.82, 2.24) is 5.32 Å². The van der Waals surface area contributed by atoms with E-state index >= 15 is 0 Å². The monoisotopic (exact) mass is 273 g/mol. The number of carboxylic acid groups (broad SMARTS) is 1. The average Bonchev–Trinajstić information content (AvgIpc) is 2.32. The van der Waals surface area contributed by atoms with E-state index in [1.807, 2.05) is 0 Å². The minimum absolute atomic E-state index is 0.135. The van der Waals surface area contributed by atoms with E-state index < -0.39 is 11.8 Å². The van der Waals surface area contributed by atoms with Crippen LogP contribution in [0, 0.1) is 5.82 Å². The summed E-state index contributed by atoms with van der Waals surface area (Å²) in [6, 6.07) is 4.65. The van der Waals surface area contributed by atoms with Gasteiger partial charge in [-0.15, -0.1) is 0 Å². The van der Waals surface area contributed by atoms with Crippen LogP contribution in [0.1, 0.15) is 31.2 Å². The molecule has 5 heteroatoms. The molecule has 0 atom stereocenters. The zero-order valence-electron chi connectivity index (χ0n) is 10.1. The first-order chi connectivity index (χ1) is 8.59. The predicted octanol–water partition coefficient (Wildman–Crippen LogP) is 3.21. The quantitative estimate of drug-likeness (QED) is 0.715. The summed E-state index contributed by atoms with van der Waals surface area (Å²) in [5.74, 6) is -1.15. The summed E-state index contributed by atoms with van der Waals surface area (Å²) in [7, 11) is 0. The zero-order chi connectivity index (χ0) is 13.4.